The normalized spacial score (nSPS) is 11.6. The van der Waals surface area contributed by atoms with Crippen molar-refractivity contribution in [1.29, 1.82) is 0 Å². The lowest BCUT2D eigenvalue weighted by Gasteiger charge is -2.18. The minimum Gasteiger partial charge on any atom is -0.481 e. The minimum atomic E-state index is -0.679. The Balaban J connectivity index is 2.14. The van der Waals surface area contributed by atoms with Gasteiger partial charge in [-0.2, -0.15) is 0 Å². The van der Waals surface area contributed by atoms with E-state index in [1.54, 1.807) is 32.0 Å². The highest BCUT2D eigenvalue weighted by atomic mass is 16.5. The van der Waals surface area contributed by atoms with Crippen molar-refractivity contribution in [3.8, 4) is 5.75 Å². The molecule has 0 saturated heterocycles. The van der Waals surface area contributed by atoms with Gasteiger partial charge in [0.05, 0.1) is 12.7 Å². The van der Waals surface area contributed by atoms with E-state index in [0.717, 1.165) is 11.1 Å². The van der Waals surface area contributed by atoms with E-state index >= 15 is 0 Å². The molecule has 5 heteroatoms. The first kappa shape index (κ1) is 18.5. The molecule has 0 unspecified atom stereocenters. The van der Waals surface area contributed by atoms with E-state index in [-0.39, 0.29) is 5.91 Å². The Morgan fingerprint density at radius 3 is 2.48 bits per heavy atom. The molecule has 0 aliphatic heterocycles. The number of nitrogens with one attached hydrogen (secondary N) is 1. The van der Waals surface area contributed by atoms with Crippen LogP contribution in [0.25, 0.3) is 0 Å². The number of carbonyl (C=O) groups excluding carboxylic acids is 2. The maximum Gasteiger partial charge on any atom is 0.338 e. The summed E-state index contributed by atoms with van der Waals surface area (Å²) in [4.78, 5) is 24.2. The van der Waals surface area contributed by atoms with Crippen molar-refractivity contribution in [2.24, 2.45) is 0 Å². The summed E-state index contributed by atoms with van der Waals surface area (Å²) < 4.78 is 10.5. The molecule has 132 valence electrons. The van der Waals surface area contributed by atoms with Crippen LogP contribution in [0.1, 0.15) is 34.0 Å². The molecule has 1 atom stereocenters. The molecule has 2 aromatic rings. The third kappa shape index (κ3) is 4.38. The first-order valence-electron chi connectivity index (χ1n) is 8.06. The number of carbonyl (C=O) groups is 2. The van der Waals surface area contributed by atoms with Crippen molar-refractivity contribution in [3.63, 3.8) is 0 Å². The Hall–Kier alpha value is -2.82. The van der Waals surface area contributed by atoms with E-state index in [4.69, 9.17) is 9.47 Å². The summed E-state index contributed by atoms with van der Waals surface area (Å²) in [5.74, 6) is -0.0398. The fourth-order valence-corrected chi connectivity index (χ4v) is 2.41. The Bertz CT molecular complexity index is 798. The molecule has 5 nitrogen and oxygen atoms in total. The van der Waals surface area contributed by atoms with Crippen molar-refractivity contribution in [3.05, 3.63) is 58.7 Å². The van der Waals surface area contributed by atoms with Gasteiger partial charge < -0.3 is 14.8 Å². The van der Waals surface area contributed by atoms with Gasteiger partial charge in [-0.3, -0.25) is 4.79 Å². The molecule has 0 aromatic heterocycles. The van der Waals surface area contributed by atoms with Crippen LogP contribution >= 0.6 is 0 Å². The van der Waals surface area contributed by atoms with Gasteiger partial charge in [0.25, 0.3) is 5.91 Å². The maximum atomic E-state index is 12.5. The molecule has 2 aromatic carbocycles. The zero-order chi connectivity index (χ0) is 18.6. The number of benzene rings is 2. The van der Waals surface area contributed by atoms with Crippen LogP contribution in [-0.4, -0.2) is 25.1 Å². The van der Waals surface area contributed by atoms with Crippen molar-refractivity contribution in [1.82, 2.24) is 0 Å². The van der Waals surface area contributed by atoms with E-state index in [1.807, 2.05) is 32.0 Å². The number of methoxy groups -OCH3 is 1. The van der Waals surface area contributed by atoms with Crippen molar-refractivity contribution >= 4 is 17.6 Å². The van der Waals surface area contributed by atoms with Crippen LogP contribution in [0.5, 0.6) is 5.75 Å². The number of hydrogen-bond acceptors (Lipinski definition) is 4. The number of rotatable bonds is 5. The summed E-state index contributed by atoms with van der Waals surface area (Å²) in [6.07, 6.45) is -0.679. The van der Waals surface area contributed by atoms with Crippen LogP contribution in [-0.2, 0) is 9.53 Å². The smallest absolute Gasteiger partial charge is 0.338 e. The van der Waals surface area contributed by atoms with E-state index in [0.29, 0.717) is 22.6 Å². The predicted octanol–water partition coefficient (Wildman–Crippen LogP) is 3.80. The van der Waals surface area contributed by atoms with Gasteiger partial charge in [0.15, 0.2) is 6.10 Å². The predicted molar refractivity (Wildman–Crippen MR) is 97.2 cm³/mol. The second kappa shape index (κ2) is 7.83. The second-order valence-corrected chi connectivity index (χ2v) is 5.99. The lowest BCUT2D eigenvalue weighted by atomic mass is 10.1. The number of ether oxygens (including phenoxy) is 2. The highest BCUT2D eigenvalue weighted by Crippen LogP contribution is 2.22. The average molecular weight is 341 g/mol. The summed E-state index contributed by atoms with van der Waals surface area (Å²) in [7, 11) is 1.33. The number of hydrogen-bond donors (Lipinski definition) is 1. The van der Waals surface area contributed by atoms with Crippen molar-refractivity contribution in [2.75, 3.05) is 12.4 Å². The van der Waals surface area contributed by atoms with Gasteiger partial charge in [-0.15, -0.1) is 0 Å². The fraction of sp³-hybridized carbons (Fsp3) is 0.300. The summed E-state index contributed by atoms with van der Waals surface area (Å²) in [5, 5.41) is 2.81. The summed E-state index contributed by atoms with van der Waals surface area (Å²) in [5.41, 5.74) is 3.67. The number of anilines is 1. The number of esters is 1. The van der Waals surface area contributed by atoms with E-state index in [1.165, 1.54) is 7.11 Å². The molecule has 0 bridgehead atoms. The first-order valence-corrected chi connectivity index (χ1v) is 8.06. The van der Waals surface area contributed by atoms with Crippen LogP contribution in [0.4, 0.5) is 5.69 Å². The lowest BCUT2D eigenvalue weighted by Crippen LogP contribution is -2.30. The highest BCUT2D eigenvalue weighted by molar-refractivity contribution is 5.98. The highest BCUT2D eigenvalue weighted by Gasteiger charge is 2.18. The molecule has 0 spiro atoms. The molecular formula is C20H23NO4. The molecule has 25 heavy (non-hydrogen) atoms. The molecule has 0 aliphatic rings. The van der Waals surface area contributed by atoms with E-state index < -0.39 is 12.1 Å². The zero-order valence-electron chi connectivity index (χ0n) is 15.2. The summed E-state index contributed by atoms with van der Waals surface area (Å²) in [6.45, 7) is 7.36. The molecule has 1 amide bonds. The SMILES string of the molecule is COC(=O)c1cccc(NC(=O)[C@H](C)Oc2cc(C)ccc2C)c1C. The monoisotopic (exact) mass is 341 g/mol. The maximum absolute atomic E-state index is 12.5. The molecule has 0 aliphatic carbocycles. The third-order valence-corrected chi connectivity index (χ3v) is 4.01. The van der Waals surface area contributed by atoms with Gasteiger partial charge in [-0.1, -0.05) is 18.2 Å². The quantitative estimate of drug-likeness (QED) is 0.840. The second-order valence-electron chi connectivity index (χ2n) is 5.99. The minimum absolute atomic E-state index is 0.286. The van der Waals surface area contributed by atoms with Crippen LogP contribution in [0, 0.1) is 20.8 Å². The van der Waals surface area contributed by atoms with Crippen molar-refractivity contribution < 1.29 is 19.1 Å². The van der Waals surface area contributed by atoms with Gasteiger partial charge in [0.1, 0.15) is 5.75 Å². The van der Waals surface area contributed by atoms with Crippen LogP contribution < -0.4 is 10.1 Å². The Morgan fingerprint density at radius 1 is 1.08 bits per heavy atom. The number of amides is 1. The van der Waals surface area contributed by atoms with E-state index in [9.17, 15) is 9.59 Å². The van der Waals surface area contributed by atoms with Gasteiger partial charge in [-0.05, 0) is 62.6 Å². The molecule has 0 heterocycles. The van der Waals surface area contributed by atoms with Crippen LogP contribution in [0.3, 0.4) is 0 Å². The van der Waals surface area contributed by atoms with E-state index in [2.05, 4.69) is 5.32 Å². The fourth-order valence-electron chi connectivity index (χ4n) is 2.41. The summed E-state index contributed by atoms with van der Waals surface area (Å²) >= 11 is 0. The Kier molecular flexibility index (Phi) is 5.80. The molecule has 1 N–H and O–H groups in total. The zero-order valence-corrected chi connectivity index (χ0v) is 15.2. The third-order valence-electron chi connectivity index (χ3n) is 4.01. The Labute approximate surface area is 148 Å². The van der Waals surface area contributed by atoms with Crippen LogP contribution in [0.2, 0.25) is 0 Å². The van der Waals surface area contributed by atoms with Gasteiger partial charge in [0, 0.05) is 5.69 Å². The topological polar surface area (TPSA) is 64.6 Å². The van der Waals surface area contributed by atoms with Crippen molar-refractivity contribution in [2.45, 2.75) is 33.8 Å². The molecular weight excluding hydrogens is 318 g/mol. The van der Waals surface area contributed by atoms with Crippen LogP contribution in [0.15, 0.2) is 36.4 Å². The standard InChI is InChI=1S/C20H23NO4/c1-12-9-10-13(2)18(11-12)25-15(4)19(22)21-17-8-6-7-16(14(17)3)20(23)24-5/h6-11,15H,1-5H3,(H,21,22)/t15-/m0/s1. The molecule has 0 radical (unpaired) electrons. The molecule has 0 fully saturated rings. The number of aryl methyl sites for hydroxylation is 2. The largest absolute Gasteiger partial charge is 0.481 e. The molecule has 0 saturated carbocycles. The lowest BCUT2D eigenvalue weighted by molar-refractivity contribution is -0.122. The van der Waals surface area contributed by atoms with Gasteiger partial charge in [0.2, 0.25) is 0 Å². The van der Waals surface area contributed by atoms with Gasteiger partial charge >= 0.3 is 5.97 Å². The summed E-state index contributed by atoms with van der Waals surface area (Å²) in [6, 6.07) is 11.0. The first-order chi connectivity index (χ1) is 11.8. The van der Waals surface area contributed by atoms with Gasteiger partial charge in [-0.25, -0.2) is 4.79 Å². The average Bonchev–Trinajstić information content (AvgIpc) is 2.59. The molecule has 2 rings (SSSR count). The Morgan fingerprint density at radius 2 is 1.80 bits per heavy atom.